The van der Waals surface area contributed by atoms with Gasteiger partial charge in [0.05, 0.1) is 5.69 Å². The summed E-state index contributed by atoms with van der Waals surface area (Å²) in [4.78, 5) is 6.48. The van der Waals surface area contributed by atoms with Crippen LogP contribution in [0.5, 0.6) is 0 Å². The van der Waals surface area contributed by atoms with E-state index in [0.717, 1.165) is 19.4 Å². The van der Waals surface area contributed by atoms with Gasteiger partial charge in [-0.1, -0.05) is 12.2 Å². The molecule has 1 aromatic heterocycles. The van der Waals surface area contributed by atoms with E-state index in [4.69, 9.17) is 18.0 Å². The monoisotopic (exact) mass is 328 g/mol. The number of piperidine rings is 1. The molecule has 0 spiro atoms. The standard InChI is InChI=1S/C13H20N4O2S2/c1-9-7-10(5-6-17(9)2)16-21(18,19)11-3-4-12(13(14)20)15-8-11/h3-4,8-10,16H,5-7H2,1-2H3,(H2,14,20). The van der Waals surface area contributed by atoms with E-state index >= 15 is 0 Å². The second-order valence-corrected chi connectivity index (χ2v) is 7.57. The lowest BCUT2D eigenvalue weighted by atomic mass is 10.0. The first kappa shape index (κ1) is 16.3. The zero-order chi connectivity index (χ0) is 15.6. The van der Waals surface area contributed by atoms with E-state index in [1.165, 1.54) is 18.3 Å². The van der Waals surface area contributed by atoms with Crippen molar-refractivity contribution in [2.24, 2.45) is 5.73 Å². The van der Waals surface area contributed by atoms with Crippen molar-refractivity contribution in [2.75, 3.05) is 13.6 Å². The van der Waals surface area contributed by atoms with Crippen LogP contribution >= 0.6 is 12.2 Å². The van der Waals surface area contributed by atoms with Gasteiger partial charge in [-0.2, -0.15) is 0 Å². The molecule has 1 saturated heterocycles. The third-order valence-electron chi connectivity index (χ3n) is 3.83. The molecular formula is C13H20N4O2S2. The average Bonchev–Trinajstić information content (AvgIpc) is 2.43. The average molecular weight is 328 g/mol. The molecule has 2 heterocycles. The van der Waals surface area contributed by atoms with Crippen LogP contribution in [-0.2, 0) is 10.0 Å². The summed E-state index contributed by atoms with van der Waals surface area (Å²) in [6.07, 6.45) is 2.89. The third kappa shape index (κ3) is 3.97. The van der Waals surface area contributed by atoms with Gasteiger partial charge in [0.15, 0.2) is 0 Å². The minimum absolute atomic E-state index is 0.0449. The van der Waals surface area contributed by atoms with Crippen LogP contribution in [0.1, 0.15) is 25.5 Å². The summed E-state index contributed by atoms with van der Waals surface area (Å²) in [5.74, 6) is 0. The Labute approximate surface area is 130 Å². The van der Waals surface area contributed by atoms with Crippen molar-refractivity contribution in [3.8, 4) is 0 Å². The van der Waals surface area contributed by atoms with Gasteiger partial charge >= 0.3 is 0 Å². The molecule has 0 amide bonds. The topological polar surface area (TPSA) is 88.3 Å². The van der Waals surface area contributed by atoms with Crippen molar-refractivity contribution in [2.45, 2.75) is 36.7 Å². The molecule has 2 rings (SSSR count). The molecule has 116 valence electrons. The molecule has 2 atom stereocenters. The third-order valence-corrected chi connectivity index (χ3v) is 5.54. The highest BCUT2D eigenvalue weighted by Gasteiger charge is 2.27. The van der Waals surface area contributed by atoms with Crippen molar-refractivity contribution in [3.05, 3.63) is 24.0 Å². The highest BCUT2D eigenvalue weighted by Crippen LogP contribution is 2.18. The maximum absolute atomic E-state index is 12.3. The van der Waals surface area contributed by atoms with Gasteiger partial charge in [-0.25, -0.2) is 13.1 Å². The van der Waals surface area contributed by atoms with Gasteiger partial charge in [-0.15, -0.1) is 0 Å². The zero-order valence-corrected chi connectivity index (χ0v) is 13.7. The molecule has 21 heavy (non-hydrogen) atoms. The van der Waals surface area contributed by atoms with E-state index in [1.54, 1.807) is 0 Å². The molecule has 0 radical (unpaired) electrons. The summed E-state index contributed by atoms with van der Waals surface area (Å²) in [6.45, 7) is 2.98. The molecule has 1 aliphatic rings. The van der Waals surface area contributed by atoms with Crippen LogP contribution in [0.4, 0.5) is 0 Å². The van der Waals surface area contributed by atoms with Crippen LogP contribution in [-0.4, -0.2) is 49.0 Å². The number of aromatic nitrogens is 1. The first-order valence-corrected chi connectivity index (χ1v) is 8.67. The zero-order valence-electron chi connectivity index (χ0n) is 12.1. The molecule has 1 fully saturated rings. The summed E-state index contributed by atoms with van der Waals surface area (Å²) in [7, 11) is -1.51. The highest BCUT2D eigenvalue weighted by atomic mass is 32.2. The van der Waals surface area contributed by atoms with E-state index in [9.17, 15) is 8.42 Å². The largest absolute Gasteiger partial charge is 0.388 e. The molecular weight excluding hydrogens is 308 g/mol. The number of rotatable bonds is 4. The van der Waals surface area contributed by atoms with Gasteiger partial charge in [0, 0.05) is 18.3 Å². The Morgan fingerprint density at radius 3 is 2.76 bits per heavy atom. The SMILES string of the molecule is CC1CC(NS(=O)(=O)c2ccc(C(N)=S)nc2)CCN1C. The lowest BCUT2D eigenvalue weighted by molar-refractivity contribution is 0.178. The molecule has 0 aliphatic carbocycles. The molecule has 8 heteroatoms. The van der Waals surface area contributed by atoms with Gasteiger partial charge < -0.3 is 10.6 Å². The molecule has 1 aromatic rings. The maximum atomic E-state index is 12.3. The second-order valence-electron chi connectivity index (χ2n) is 5.42. The Bertz CT molecular complexity index is 616. The Morgan fingerprint density at radius 2 is 2.24 bits per heavy atom. The maximum Gasteiger partial charge on any atom is 0.242 e. The number of sulfonamides is 1. The lowest BCUT2D eigenvalue weighted by Crippen LogP contribution is -2.47. The smallest absolute Gasteiger partial charge is 0.242 e. The van der Waals surface area contributed by atoms with Gasteiger partial charge in [0.1, 0.15) is 9.88 Å². The van der Waals surface area contributed by atoms with E-state index in [0.29, 0.717) is 11.7 Å². The first-order chi connectivity index (χ1) is 9.79. The molecule has 0 saturated carbocycles. The summed E-state index contributed by atoms with van der Waals surface area (Å²) in [6, 6.07) is 3.31. The van der Waals surface area contributed by atoms with Crippen molar-refractivity contribution < 1.29 is 8.42 Å². The normalized spacial score (nSPS) is 23.9. The molecule has 6 nitrogen and oxygen atoms in total. The van der Waals surface area contributed by atoms with E-state index in [1.807, 2.05) is 7.05 Å². The fraction of sp³-hybridized carbons (Fsp3) is 0.538. The fourth-order valence-electron chi connectivity index (χ4n) is 2.37. The number of thiocarbonyl (C=S) groups is 1. The molecule has 0 bridgehead atoms. The van der Waals surface area contributed by atoms with Gasteiger partial charge in [-0.3, -0.25) is 4.98 Å². The number of nitrogens with zero attached hydrogens (tertiary/aromatic N) is 2. The minimum atomic E-state index is -3.56. The number of hydrogen-bond donors (Lipinski definition) is 2. The Morgan fingerprint density at radius 1 is 1.52 bits per heavy atom. The quantitative estimate of drug-likeness (QED) is 0.782. The summed E-state index contributed by atoms with van der Waals surface area (Å²) in [5, 5.41) is 0. The van der Waals surface area contributed by atoms with Gasteiger partial charge in [0.2, 0.25) is 10.0 Å². The Balaban J connectivity index is 2.09. The number of nitrogens with two attached hydrogens (primary N) is 1. The van der Waals surface area contributed by atoms with Crippen LogP contribution in [0, 0.1) is 0 Å². The predicted octanol–water partition coefficient (Wildman–Crippen LogP) is 0.477. The van der Waals surface area contributed by atoms with Crippen molar-refractivity contribution in [1.82, 2.24) is 14.6 Å². The molecule has 0 aromatic carbocycles. The molecule has 1 aliphatic heterocycles. The molecule has 2 unspecified atom stereocenters. The van der Waals surface area contributed by atoms with Crippen LogP contribution in [0.3, 0.4) is 0 Å². The van der Waals surface area contributed by atoms with E-state index in [-0.39, 0.29) is 15.9 Å². The highest BCUT2D eigenvalue weighted by molar-refractivity contribution is 7.89. The van der Waals surface area contributed by atoms with Crippen molar-refractivity contribution in [3.63, 3.8) is 0 Å². The number of likely N-dealkylation sites (tertiary alicyclic amines) is 1. The van der Waals surface area contributed by atoms with Crippen molar-refractivity contribution >= 4 is 27.2 Å². The minimum Gasteiger partial charge on any atom is -0.388 e. The lowest BCUT2D eigenvalue weighted by Gasteiger charge is -2.35. The Hall–Kier alpha value is -1.09. The van der Waals surface area contributed by atoms with Crippen LogP contribution in [0.25, 0.3) is 0 Å². The number of hydrogen-bond acceptors (Lipinski definition) is 5. The predicted molar refractivity (Wildman–Crippen MR) is 85.6 cm³/mol. The van der Waals surface area contributed by atoms with Crippen LogP contribution < -0.4 is 10.5 Å². The second kappa shape index (κ2) is 6.35. The summed E-state index contributed by atoms with van der Waals surface area (Å²) in [5.41, 5.74) is 5.86. The summed E-state index contributed by atoms with van der Waals surface area (Å²) >= 11 is 4.80. The molecule has 3 N–H and O–H groups in total. The fourth-order valence-corrected chi connectivity index (χ4v) is 3.72. The van der Waals surface area contributed by atoms with Crippen LogP contribution in [0.15, 0.2) is 23.2 Å². The Kier molecular flexibility index (Phi) is 4.92. The van der Waals surface area contributed by atoms with Crippen LogP contribution in [0.2, 0.25) is 0 Å². The van der Waals surface area contributed by atoms with E-state index in [2.05, 4.69) is 21.5 Å². The number of pyridine rings is 1. The first-order valence-electron chi connectivity index (χ1n) is 6.78. The van der Waals surface area contributed by atoms with Crippen molar-refractivity contribution in [1.29, 1.82) is 0 Å². The van der Waals surface area contributed by atoms with Gasteiger partial charge in [-0.05, 0) is 45.5 Å². The number of nitrogens with one attached hydrogen (secondary N) is 1. The van der Waals surface area contributed by atoms with E-state index < -0.39 is 10.0 Å². The summed E-state index contributed by atoms with van der Waals surface area (Å²) < 4.78 is 27.4. The van der Waals surface area contributed by atoms with Gasteiger partial charge in [0.25, 0.3) is 0 Å².